The first-order valence-corrected chi connectivity index (χ1v) is 7.62. The minimum atomic E-state index is -0.735. The molecular weight excluding hydrogens is 272 g/mol. The van der Waals surface area contributed by atoms with Crippen LogP contribution >= 0.6 is 0 Å². The van der Waals surface area contributed by atoms with Crippen LogP contribution in [0.15, 0.2) is 0 Å². The van der Waals surface area contributed by atoms with Crippen molar-refractivity contribution >= 4 is 12.1 Å². The molecule has 1 saturated carbocycles. The van der Waals surface area contributed by atoms with Gasteiger partial charge in [0.05, 0.1) is 0 Å². The molecule has 1 fully saturated rings. The van der Waals surface area contributed by atoms with Crippen molar-refractivity contribution < 1.29 is 19.4 Å². The van der Waals surface area contributed by atoms with Crippen molar-refractivity contribution in [2.45, 2.75) is 64.5 Å². The first-order valence-electron chi connectivity index (χ1n) is 7.62. The van der Waals surface area contributed by atoms with Gasteiger partial charge in [-0.15, -0.1) is 0 Å². The second-order valence-electron chi connectivity index (χ2n) is 6.87. The van der Waals surface area contributed by atoms with Crippen LogP contribution in [0.4, 0.5) is 4.79 Å². The number of hydrogen-bond acceptors (Lipinski definition) is 4. The van der Waals surface area contributed by atoms with Crippen LogP contribution in [0.5, 0.6) is 0 Å². The Labute approximate surface area is 126 Å². The van der Waals surface area contributed by atoms with Crippen LogP contribution in [0.25, 0.3) is 0 Å². The van der Waals surface area contributed by atoms with Crippen LogP contribution in [0.1, 0.15) is 52.9 Å². The minimum Gasteiger partial charge on any atom is -0.481 e. The highest BCUT2D eigenvalue weighted by Crippen LogP contribution is 2.32. The third-order valence-corrected chi connectivity index (χ3v) is 3.88. The van der Waals surface area contributed by atoms with Crippen molar-refractivity contribution in [1.29, 1.82) is 0 Å². The molecular formula is C15H28N2O4. The summed E-state index contributed by atoms with van der Waals surface area (Å²) in [5.74, 6) is -0.188. The fraction of sp³-hybridized carbons (Fsp3) is 0.867. The van der Waals surface area contributed by atoms with E-state index in [1.54, 1.807) is 0 Å². The smallest absolute Gasteiger partial charge is 0.407 e. The summed E-state index contributed by atoms with van der Waals surface area (Å²) < 4.78 is 5.25. The van der Waals surface area contributed by atoms with E-state index < -0.39 is 17.7 Å². The second-order valence-corrected chi connectivity index (χ2v) is 6.87. The highest BCUT2D eigenvalue weighted by Gasteiger charge is 2.29. The molecule has 0 aliphatic heterocycles. The van der Waals surface area contributed by atoms with Gasteiger partial charge in [-0.05, 0) is 58.3 Å². The zero-order chi connectivity index (χ0) is 16.0. The van der Waals surface area contributed by atoms with E-state index in [1.807, 2.05) is 20.8 Å². The highest BCUT2D eigenvalue weighted by molar-refractivity contribution is 5.68. The van der Waals surface area contributed by atoms with Crippen LogP contribution in [0.2, 0.25) is 0 Å². The van der Waals surface area contributed by atoms with Crippen molar-refractivity contribution in [3.63, 3.8) is 0 Å². The number of alkyl carbamates (subject to hydrolysis) is 1. The maximum Gasteiger partial charge on any atom is 0.407 e. The number of carbonyl (C=O) groups excluding carboxylic acids is 1. The van der Waals surface area contributed by atoms with Gasteiger partial charge in [0.15, 0.2) is 0 Å². The van der Waals surface area contributed by atoms with E-state index >= 15 is 0 Å². The lowest BCUT2D eigenvalue weighted by Crippen LogP contribution is -2.48. The van der Waals surface area contributed by atoms with Crippen molar-refractivity contribution in [3.05, 3.63) is 0 Å². The van der Waals surface area contributed by atoms with E-state index in [-0.39, 0.29) is 18.4 Å². The van der Waals surface area contributed by atoms with E-state index in [2.05, 4.69) is 5.32 Å². The van der Waals surface area contributed by atoms with Gasteiger partial charge in [0, 0.05) is 19.0 Å². The number of rotatable bonds is 5. The Bertz CT molecular complexity index is 357. The number of aliphatic carboxylic acids is 1. The first-order chi connectivity index (χ1) is 9.71. The number of carboxylic acid groups (broad SMARTS) is 1. The lowest BCUT2D eigenvalue weighted by Gasteiger charge is -2.33. The number of amides is 1. The quantitative estimate of drug-likeness (QED) is 0.722. The summed E-state index contributed by atoms with van der Waals surface area (Å²) in [7, 11) is 0. The largest absolute Gasteiger partial charge is 0.481 e. The predicted molar refractivity (Wildman–Crippen MR) is 79.9 cm³/mol. The summed E-state index contributed by atoms with van der Waals surface area (Å²) in [6, 6.07) is -0.106. The van der Waals surface area contributed by atoms with Gasteiger partial charge in [-0.2, -0.15) is 0 Å². The molecule has 0 aromatic carbocycles. The number of carbonyl (C=O) groups is 2. The van der Waals surface area contributed by atoms with Crippen molar-refractivity contribution in [3.8, 4) is 0 Å². The minimum absolute atomic E-state index is 0.106. The molecule has 1 aliphatic rings. The molecule has 4 N–H and O–H groups in total. The normalized spacial score (nSPS) is 24.2. The highest BCUT2D eigenvalue weighted by atomic mass is 16.6. The molecule has 1 atom stereocenters. The van der Waals surface area contributed by atoms with Gasteiger partial charge >= 0.3 is 12.1 Å². The predicted octanol–water partition coefficient (Wildman–Crippen LogP) is 2.12. The Hall–Kier alpha value is -1.30. The summed E-state index contributed by atoms with van der Waals surface area (Å²) >= 11 is 0. The molecule has 0 spiro atoms. The van der Waals surface area contributed by atoms with Gasteiger partial charge < -0.3 is 20.9 Å². The van der Waals surface area contributed by atoms with Crippen molar-refractivity contribution in [1.82, 2.24) is 5.32 Å². The molecule has 0 radical (unpaired) electrons. The van der Waals surface area contributed by atoms with Gasteiger partial charge in [0.2, 0.25) is 0 Å². The second kappa shape index (κ2) is 7.64. The summed E-state index contributed by atoms with van der Waals surface area (Å²) in [4.78, 5) is 22.5. The Kier molecular flexibility index (Phi) is 6.45. The van der Waals surface area contributed by atoms with Crippen LogP contribution in [0.3, 0.4) is 0 Å². The Balaban J connectivity index is 2.44. The zero-order valence-electron chi connectivity index (χ0n) is 13.2. The molecule has 1 aliphatic carbocycles. The molecule has 122 valence electrons. The van der Waals surface area contributed by atoms with Crippen LogP contribution in [0, 0.1) is 11.8 Å². The summed E-state index contributed by atoms with van der Waals surface area (Å²) in [5.41, 5.74) is 5.24. The van der Waals surface area contributed by atoms with E-state index in [9.17, 15) is 9.59 Å². The SMILES string of the molecule is CC(C)(C)OC(=O)NC(CN)C1CCC(CC(=O)O)CC1. The molecule has 21 heavy (non-hydrogen) atoms. The van der Waals surface area contributed by atoms with Gasteiger partial charge in [-0.1, -0.05) is 0 Å². The average Bonchev–Trinajstić information content (AvgIpc) is 2.34. The van der Waals surface area contributed by atoms with Gasteiger partial charge in [-0.3, -0.25) is 4.79 Å². The molecule has 0 heterocycles. The maximum atomic E-state index is 11.8. The lowest BCUT2D eigenvalue weighted by molar-refractivity contribution is -0.138. The number of carboxylic acids is 1. The topological polar surface area (TPSA) is 102 Å². The van der Waals surface area contributed by atoms with E-state index in [1.165, 1.54) is 0 Å². The number of nitrogens with one attached hydrogen (secondary N) is 1. The maximum absolute atomic E-state index is 11.8. The van der Waals surface area contributed by atoms with Crippen molar-refractivity contribution in [2.24, 2.45) is 17.6 Å². The monoisotopic (exact) mass is 300 g/mol. The molecule has 1 rings (SSSR count). The molecule has 0 aromatic heterocycles. The van der Waals surface area contributed by atoms with E-state index in [0.717, 1.165) is 25.7 Å². The fourth-order valence-corrected chi connectivity index (χ4v) is 2.87. The van der Waals surface area contributed by atoms with Crippen LogP contribution in [-0.4, -0.2) is 35.4 Å². The summed E-state index contributed by atoms with van der Waals surface area (Å²) in [6.45, 7) is 5.83. The van der Waals surface area contributed by atoms with E-state index in [0.29, 0.717) is 12.5 Å². The molecule has 0 bridgehead atoms. The standard InChI is InChI=1S/C15H28N2O4/c1-15(2,3)21-14(20)17-12(9-16)11-6-4-10(5-7-11)8-13(18)19/h10-12H,4-9,16H2,1-3H3,(H,17,20)(H,18,19). The van der Waals surface area contributed by atoms with Gasteiger partial charge in [-0.25, -0.2) is 4.79 Å². The summed E-state index contributed by atoms with van der Waals surface area (Å²) in [6.07, 6.45) is 3.35. The number of ether oxygens (including phenoxy) is 1. The third kappa shape index (κ3) is 6.80. The van der Waals surface area contributed by atoms with E-state index in [4.69, 9.17) is 15.6 Å². The van der Waals surface area contributed by atoms with Crippen LogP contribution in [-0.2, 0) is 9.53 Å². The van der Waals surface area contributed by atoms with Crippen molar-refractivity contribution in [2.75, 3.05) is 6.54 Å². The van der Waals surface area contributed by atoms with Gasteiger partial charge in [0.25, 0.3) is 0 Å². The van der Waals surface area contributed by atoms with Crippen LogP contribution < -0.4 is 11.1 Å². The molecule has 1 amide bonds. The average molecular weight is 300 g/mol. The Morgan fingerprint density at radius 3 is 2.29 bits per heavy atom. The van der Waals surface area contributed by atoms with Gasteiger partial charge in [0.1, 0.15) is 5.60 Å². The number of nitrogens with two attached hydrogens (primary N) is 1. The molecule has 1 unspecified atom stereocenters. The number of hydrogen-bond donors (Lipinski definition) is 3. The molecule has 6 heteroatoms. The Morgan fingerprint density at radius 1 is 1.29 bits per heavy atom. The summed E-state index contributed by atoms with van der Waals surface area (Å²) in [5, 5.41) is 11.7. The first kappa shape index (κ1) is 17.8. The third-order valence-electron chi connectivity index (χ3n) is 3.88. The molecule has 0 aromatic rings. The molecule has 6 nitrogen and oxygen atoms in total. The Morgan fingerprint density at radius 2 is 1.86 bits per heavy atom. The zero-order valence-corrected chi connectivity index (χ0v) is 13.2. The fourth-order valence-electron chi connectivity index (χ4n) is 2.87. The molecule has 0 saturated heterocycles. The lowest BCUT2D eigenvalue weighted by atomic mass is 9.77.